The van der Waals surface area contributed by atoms with Gasteiger partial charge in [0, 0.05) is 24.6 Å². The molecule has 7 nitrogen and oxygen atoms in total. The smallest absolute Gasteiger partial charge is 0.304 e. The lowest BCUT2D eigenvalue weighted by Gasteiger charge is -2.16. The van der Waals surface area contributed by atoms with Gasteiger partial charge in [0.05, 0.1) is 22.1 Å². The summed E-state index contributed by atoms with van der Waals surface area (Å²) in [6.45, 7) is 0.642. The Morgan fingerprint density at radius 1 is 1.27 bits per heavy atom. The number of nitro benzene ring substituents is 1. The van der Waals surface area contributed by atoms with E-state index in [1.165, 1.54) is 12.1 Å². The molecule has 0 spiro atoms. The number of nitrogens with one attached hydrogen (secondary N) is 1. The van der Waals surface area contributed by atoms with E-state index < -0.39 is 10.9 Å². The molecular formula is C17H19Cl2N3O4. The van der Waals surface area contributed by atoms with Gasteiger partial charge in [-0.3, -0.25) is 14.9 Å². The molecule has 0 aliphatic rings. The number of nitro groups is 1. The normalized spacial score (nSPS) is 11.3. The fraction of sp³-hybridized carbons (Fsp3) is 0.235. The largest absolute Gasteiger partial charge is 0.481 e. The minimum Gasteiger partial charge on any atom is -0.481 e. The van der Waals surface area contributed by atoms with Gasteiger partial charge in [0.25, 0.3) is 5.69 Å². The Morgan fingerprint density at radius 2 is 1.92 bits per heavy atom. The Hall–Kier alpha value is -2.35. The van der Waals surface area contributed by atoms with Crippen LogP contribution >= 0.6 is 24.0 Å². The highest BCUT2D eigenvalue weighted by atomic mass is 35.5. The molecule has 0 heterocycles. The predicted molar refractivity (Wildman–Crippen MR) is 103 cm³/mol. The molecule has 0 fully saturated rings. The van der Waals surface area contributed by atoms with Crippen LogP contribution in [0, 0.1) is 10.1 Å². The van der Waals surface area contributed by atoms with Gasteiger partial charge in [-0.25, -0.2) is 0 Å². The minimum absolute atomic E-state index is 0. The fourth-order valence-corrected chi connectivity index (χ4v) is 2.60. The van der Waals surface area contributed by atoms with Crippen LogP contribution < -0.4 is 11.1 Å². The van der Waals surface area contributed by atoms with E-state index in [9.17, 15) is 14.9 Å². The lowest BCUT2D eigenvalue weighted by molar-refractivity contribution is -0.384. The highest BCUT2D eigenvalue weighted by Crippen LogP contribution is 2.28. The van der Waals surface area contributed by atoms with E-state index in [1.54, 1.807) is 30.3 Å². The van der Waals surface area contributed by atoms with Gasteiger partial charge >= 0.3 is 5.97 Å². The summed E-state index contributed by atoms with van der Waals surface area (Å²) in [5, 5.41) is 23.3. The van der Waals surface area contributed by atoms with E-state index in [0.29, 0.717) is 17.3 Å². The number of carboxylic acid groups (broad SMARTS) is 1. The Balaban J connectivity index is 0.00000338. The van der Waals surface area contributed by atoms with Crippen LogP contribution in [0.4, 0.5) is 11.4 Å². The van der Waals surface area contributed by atoms with Crippen LogP contribution in [-0.2, 0) is 11.3 Å². The van der Waals surface area contributed by atoms with Crippen LogP contribution in [0.2, 0.25) is 5.02 Å². The van der Waals surface area contributed by atoms with Crippen molar-refractivity contribution >= 4 is 41.4 Å². The van der Waals surface area contributed by atoms with Crippen LogP contribution in [0.25, 0.3) is 0 Å². The third kappa shape index (κ3) is 5.87. The van der Waals surface area contributed by atoms with Crippen molar-refractivity contribution in [1.82, 2.24) is 0 Å². The van der Waals surface area contributed by atoms with Crippen molar-refractivity contribution in [3.63, 3.8) is 0 Å². The van der Waals surface area contributed by atoms with Crippen LogP contribution in [0.1, 0.15) is 23.5 Å². The van der Waals surface area contributed by atoms with Gasteiger partial charge in [0.1, 0.15) is 0 Å². The molecule has 140 valence electrons. The highest BCUT2D eigenvalue weighted by Gasteiger charge is 2.15. The Labute approximate surface area is 161 Å². The summed E-state index contributed by atoms with van der Waals surface area (Å²) in [5.74, 6) is -1.21. The fourth-order valence-electron chi connectivity index (χ4n) is 2.41. The van der Waals surface area contributed by atoms with Gasteiger partial charge < -0.3 is 16.2 Å². The molecule has 0 amide bonds. The van der Waals surface area contributed by atoms with Gasteiger partial charge in [-0.1, -0.05) is 29.8 Å². The number of anilines is 1. The molecule has 0 aliphatic carbocycles. The number of rotatable bonds is 8. The molecule has 26 heavy (non-hydrogen) atoms. The number of aliphatic carboxylic acids is 1. The first-order valence-electron chi connectivity index (χ1n) is 7.59. The number of halogens is 2. The second-order valence-electron chi connectivity index (χ2n) is 5.55. The van der Waals surface area contributed by atoms with Crippen LogP contribution in [0.5, 0.6) is 0 Å². The molecule has 0 bridgehead atoms. The average molecular weight is 400 g/mol. The second kappa shape index (κ2) is 9.96. The molecule has 4 N–H and O–H groups in total. The summed E-state index contributed by atoms with van der Waals surface area (Å²) >= 11 is 6.18. The van der Waals surface area contributed by atoms with E-state index in [1.807, 2.05) is 0 Å². The van der Waals surface area contributed by atoms with Gasteiger partial charge in [-0.05, 0) is 29.8 Å². The van der Waals surface area contributed by atoms with E-state index in [2.05, 4.69) is 5.32 Å². The summed E-state index contributed by atoms with van der Waals surface area (Å²) in [5.41, 5.74) is 8.00. The van der Waals surface area contributed by atoms with E-state index in [4.69, 9.17) is 22.4 Å². The zero-order chi connectivity index (χ0) is 18.4. The summed E-state index contributed by atoms with van der Waals surface area (Å²) in [6.07, 6.45) is -0.0556. The van der Waals surface area contributed by atoms with Crippen LogP contribution in [0.3, 0.4) is 0 Å². The zero-order valence-electron chi connectivity index (χ0n) is 13.7. The zero-order valence-corrected chi connectivity index (χ0v) is 15.3. The molecule has 0 radical (unpaired) electrons. The molecule has 2 aromatic carbocycles. The summed E-state index contributed by atoms with van der Waals surface area (Å²) in [4.78, 5) is 21.1. The summed E-state index contributed by atoms with van der Waals surface area (Å²) in [7, 11) is 0. The molecule has 2 rings (SSSR count). The number of carbonyl (C=O) groups is 1. The first kappa shape index (κ1) is 21.7. The first-order chi connectivity index (χ1) is 11.9. The number of carboxylic acids is 1. The van der Waals surface area contributed by atoms with Crippen LogP contribution in [0.15, 0.2) is 42.5 Å². The lowest BCUT2D eigenvalue weighted by Crippen LogP contribution is -2.16. The number of nitrogens with two attached hydrogens (primary N) is 1. The van der Waals surface area contributed by atoms with Gasteiger partial charge in [-0.15, -0.1) is 12.4 Å². The molecule has 0 aromatic heterocycles. The number of benzene rings is 2. The average Bonchev–Trinajstić information content (AvgIpc) is 2.59. The van der Waals surface area contributed by atoms with Crippen molar-refractivity contribution in [2.45, 2.75) is 18.9 Å². The van der Waals surface area contributed by atoms with Crippen molar-refractivity contribution in [1.29, 1.82) is 0 Å². The Kier molecular flexibility index (Phi) is 8.31. The summed E-state index contributed by atoms with van der Waals surface area (Å²) in [6, 6.07) is 11.4. The molecule has 0 aliphatic heterocycles. The Bertz CT molecular complexity index is 769. The third-order valence-electron chi connectivity index (χ3n) is 3.80. The molecular weight excluding hydrogens is 381 g/mol. The van der Waals surface area contributed by atoms with Crippen molar-refractivity contribution in [2.75, 3.05) is 11.9 Å². The topological polar surface area (TPSA) is 118 Å². The molecule has 2 aromatic rings. The number of non-ortho nitro benzene ring substituents is 1. The maximum atomic E-state index is 10.9. The minimum atomic E-state index is -0.911. The van der Waals surface area contributed by atoms with Crippen molar-refractivity contribution in [3.05, 3.63) is 68.7 Å². The van der Waals surface area contributed by atoms with E-state index in [0.717, 1.165) is 11.1 Å². The standard InChI is InChI=1S/C17H18ClN3O4.ClH/c18-15-6-3-12(13(9-19)8-17(22)23)7-16(15)20-10-11-1-4-14(5-2-11)21(24)25;/h1-7,13,20H,8-10,19H2,(H,22,23);1H/t13-;/m0./s1. The highest BCUT2D eigenvalue weighted by molar-refractivity contribution is 6.33. The monoisotopic (exact) mass is 399 g/mol. The SMILES string of the molecule is Cl.NC[C@H](CC(=O)O)c1ccc(Cl)c(NCc2ccc([N+](=O)[O-])cc2)c1. The van der Waals surface area contributed by atoms with Crippen molar-refractivity contribution in [3.8, 4) is 0 Å². The Morgan fingerprint density at radius 3 is 2.46 bits per heavy atom. The van der Waals surface area contributed by atoms with Gasteiger partial charge in [0.15, 0.2) is 0 Å². The third-order valence-corrected chi connectivity index (χ3v) is 4.13. The quantitative estimate of drug-likeness (QED) is 0.458. The second-order valence-corrected chi connectivity index (χ2v) is 5.95. The molecule has 0 saturated carbocycles. The molecule has 9 heteroatoms. The predicted octanol–water partition coefficient (Wildman–Crippen LogP) is 3.80. The van der Waals surface area contributed by atoms with E-state index in [-0.39, 0.29) is 37.0 Å². The molecule has 0 unspecified atom stereocenters. The number of hydrogen-bond donors (Lipinski definition) is 3. The maximum Gasteiger partial charge on any atom is 0.304 e. The van der Waals surface area contributed by atoms with Crippen LogP contribution in [-0.4, -0.2) is 22.5 Å². The maximum absolute atomic E-state index is 10.9. The summed E-state index contributed by atoms with van der Waals surface area (Å²) < 4.78 is 0. The number of nitrogens with zero attached hydrogens (tertiary/aromatic N) is 1. The van der Waals surface area contributed by atoms with Gasteiger partial charge in [-0.2, -0.15) is 0 Å². The number of hydrogen-bond acceptors (Lipinski definition) is 5. The lowest BCUT2D eigenvalue weighted by atomic mass is 9.95. The van der Waals surface area contributed by atoms with E-state index >= 15 is 0 Å². The molecule has 1 atom stereocenters. The van der Waals surface area contributed by atoms with Gasteiger partial charge in [0.2, 0.25) is 0 Å². The molecule has 0 saturated heterocycles. The first-order valence-corrected chi connectivity index (χ1v) is 7.97. The van der Waals surface area contributed by atoms with Crippen molar-refractivity contribution in [2.24, 2.45) is 5.73 Å². The van der Waals surface area contributed by atoms with Crippen molar-refractivity contribution < 1.29 is 14.8 Å².